The second kappa shape index (κ2) is 4.90. The number of carboxylic acids is 1. The van der Waals surface area contributed by atoms with Crippen LogP contribution in [0.4, 0.5) is 0 Å². The normalized spacial score (nSPS) is 20.9. The summed E-state index contributed by atoms with van der Waals surface area (Å²) in [6.45, 7) is 0.263. The SMILES string of the molecule is O=C(O)[C@@H]1C[C@H]1Cn1oc(-c2ccc(Br)cc2)nc1=O. The van der Waals surface area contributed by atoms with Crippen LogP contribution in [0.3, 0.4) is 0 Å². The Bertz CT molecular complexity index is 704. The summed E-state index contributed by atoms with van der Waals surface area (Å²) in [6.07, 6.45) is 0.579. The number of aromatic nitrogens is 2. The fraction of sp³-hybridized carbons (Fsp3) is 0.308. The van der Waals surface area contributed by atoms with Crippen LogP contribution in [0.1, 0.15) is 6.42 Å². The summed E-state index contributed by atoms with van der Waals surface area (Å²) in [4.78, 5) is 26.3. The molecule has 0 aliphatic heterocycles. The minimum atomic E-state index is -0.823. The van der Waals surface area contributed by atoms with Gasteiger partial charge in [-0.25, -0.2) is 4.79 Å². The lowest BCUT2D eigenvalue weighted by atomic mass is 10.2. The van der Waals surface area contributed by atoms with E-state index in [-0.39, 0.29) is 24.3 Å². The molecular weight excluding hydrogens is 328 g/mol. The van der Waals surface area contributed by atoms with E-state index < -0.39 is 11.7 Å². The van der Waals surface area contributed by atoms with Crippen molar-refractivity contribution in [2.24, 2.45) is 11.8 Å². The molecule has 20 heavy (non-hydrogen) atoms. The van der Waals surface area contributed by atoms with Crippen molar-refractivity contribution in [2.75, 3.05) is 0 Å². The zero-order chi connectivity index (χ0) is 14.3. The van der Waals surface area contributed by atoms with Crippen LogP contribution in [-0.4, -0.2) is 20.8 Å². The maximum atomic E-state index is 11.7. The molecule has 1 N–H and O–H groups in total. The molecule has 0 unspecified atom stereocenters. The van der Waals surface area contributed by atoms with Crippen molar-refractivity contribution in [3.05, 3.63) is 39.2 Å². The second-order valence-corrected chi connectivity index (χ2v) is 5.71. The number of hydrogen-bond acceptors (Lipinski definition) is 4. The fourth-order valence-corrected chi connectivity index (χ4v) is 2.36. The maximum Gasteiger partial charge on any atom is 0.380 e. The number of carboxylic acid groups (broad SMARTS) is 1. The third-order valence-corrected chi connectivity index (χ3v) is 3.87. The van der Waals surface area contributed by atoms with E-state index in [2.05, 4.69) is 20.9 Å². The first-order valence-corrected chi connectivity index (χ1v) is 6.91. The molecule has 104 valence electrons. The first kappa shape index (κ1) is 13.1. The van der Waals surface area contributed by atoms with Crippen molar-refractivity contribution in [2.45, 2.75) is 13.0 Å². The molecule has 1 aliphatic carbocycles. The summed E-state index contributed by atoms with van der Waals surface area (Å²) in [5.74, 6) is -0.996. The van der Waals surface area contributed by atoms with Crippen LogP contribution in [-0.2, 0) is 11.3 Å². The van der Waals surface area contributed by atoms with E-state index in [1.807, 2.05) is 12.1 Å². The van der Waals surface area contributed by atoms with Crippen LogP contribution in [0.15, 0.2) is 38.1 Å². The third kappa shape index (κ3) is 2.53. The van der Waals surface area contributed by atoms with Crippen molar-refractivity contribution in [1.82, 2.24) is 9.72 Å². The largest absolute Gasteiger partial charge is 0.481 e. The molecule has 1 aromatic heterocycles. The van der Waals surface area contributed by atoms with E-state index in [1.54, 1.807) is 12.1 Å². The monoisotopic (exact) mass is 338 g/mol. The van der Waals surface area contributed by atoms with Crippen LogP contribution in [0.25, 0.3) is 11.5 Å². The van der Waals surface area contributed by atoms with Gasteiger partial charge in [0.15, 0.2) is 0 Å². The highest BCUT2D eigenvalue weighted by Crippen LogP contribution is 2.39. The topological polar surface area (TPSA) is 85.3 Å². The number of aliphatic carboxylic acids is 1. The summed E-state index contributed by atoms with van der Waals surface area (Å²) >= 11 is 3.33. The molecular formula is C13H11BrN2O4. The number of benzene rings is 1. The molecule has 0 spiro atoms. The van der Waals surface area contributed by atoms with Gasteiger partial charge in [-0.2, -0.15) is 9.72 Å². The Balaban J connectivity index is 1.79. The maximum absolute atomic E-state index is 11.7. The van der Waals surface area contributed by atoms with E-state index in [0.717, 1.165) is 9.21 Å². The van der Waals surface area contributed by atoms with E-state index in [9.17, 15) is 9.59 Å². The van der Waals surface area contributed by atoms with Gasteiger partial charge in [-0.3, -0.25) is 4.79 Å². The van der Waals surface area contributed by atoms with Gasteiger partial charge in [0.25, 0.3) is 5.89 Å². The molecule has 1 aromatic carbocycles. The van der Waals surface area contributed by atoms with Crippen LogP contribution < -0.4 is 5.69 Å². The van der Waals surface area contributed by atoms with Gasteiger partial charge in [-0.1, -0.05) is 15.9 Å². The lowest BCUT2D eigenvalue weighted by Gasteiger charge is -1.97. The highest BCUT2D eigenvalue weighted by molar-refractivity contribution is 9.10. The zero-order valence-corrected chi connectivity index (χ0v) is 11.9. The first-order chi connectivity index (χ1) is 9.54. The first-order valence-electron chi connectivity index (χ1n) is 6.11. The Morgan fingerprint density at radius 2 is 2.15 bits per heavy atom. The van der Waals surface area contributed by atoms with Gasteiger partial charge in [0.2, 0.25) is 0 Å². The van der Waals surface area contributed by atoms with Crippen molar-refractivity contribution >= 4 is 21.9 Å². The minimum absolute atomic E-state index is 0.0454. The van der Waals surface area contributed by atoms with Gasteiger partial charge >= 0.3 is 11.7 Å². The van der Waals surface area contributed by atoms with Gasteiger partial charge in [0, 0.05) is 10.0 Å². The quantitative estimate of drug-likeness (QED) is 0.921. The minimum Gasteiger partial charge on any atom is -0.481 e. The van der Waals surface area contributed by atoms with Gasteiger partial charge in [0.05, 0.1) is 12.5 Å². The Labute approximate surface area is 122 Å². The number of hydrogen-bond donors (Lipinski definition) is 1. The molecule has 1 heterocycles. The standard InChI is InChI=1S/C13H11BrN2O4/c14-9-3-1-7(2-4-9)11-15-13(19)16(20-11)6-8-5-10(8)12(17)18/h1-4,8,10H,5-6H2,(H,17,18)/t8-,10+/m0/s1. The van der Waals surface area contributed by atoms with Gasteiger partial charge < -0.3 is 9.63 Å². The van der Waals surface area contributed by atoms with E-state index in [1.165, 1.54) is 0 Å². The number of halogens is 1. The highest BCUT2D eigenvalue weighted by atomic mass is 79.9. The summed E-state index contributed by atoms with van der Waals surface area (Å²) < 4.78 is 7.46. The lowest BCUT2D eigenvalue weighted by Crippen LogP contribution is -2.18. The van der Waals surface area contributed by atoms with E-state index >= 15 is 0 Å². The summed E-state index contributed by atoms with van der Waals surface area (Å²) in [7, 11) is 0. The van der Waals surface area contributed by atoms with Crippen LogP contribution in [0, 0.1) is 11.8 Å². The second-order valence-electron chi connectivity index (χ2n) is 4.80. The Hall–Kier alpha value is -1.89. The molecule has 7 heteroatoms. The lowest BCUT2D eigenvalue weighted by molar-refractivity contribution is -0.138. The molecule has 0 saturated heterocycles. The molecule has 2 aromatic rings. The van der Waals surface area contributed by atoms with Crippen LogP contribution in [0.2, 0.25) is 0 Å². The average Bonchev–Trinajstić information content (AvgIpc) is 3.08. The molecule has 1 aliphatic rings. The molecule has 0 bridgehead atoms. The van der Waals surface area contributed by atoms with E-state index in [4.69, 9.17) is 9.63 Å². The molecule has 0 amide bonds. The van der Waals surface area contributed by atoms with Crippen molar-refractivity contribution in [3.63, 3.8) is 0 Å². The van der Waals surface area contributed by atoms with Gasteiger partial charge in [-0.15, -0.1) is 0 Å². The smallest absolute Gasteiger partial charge is 0.380 e. The molecule has 1 saturated carbocycles. The van der Waals surface area contributed by atoms with Gasteiger partial charge in [0.1, 0.15) is 0 Å². The Morgan fingerprint density at radius 3 is 2.75 bits per heavy atom. The van der Waals surface area contributed by atoms with Crippen molar-refractivity contribution in [3.8, 4) is 11.5 Å². The molecule has 6 nitrogen and oxygen atoms in total. The van der Waals surface area contributed by atoms with Crippen LogP contribution >= 0.6 is 15.9 Å². The van der Waals surface area contributed by atoms with Crippen LogP contribution in [0.5, 0.6) is 0 Å². The Morgan fingerprint density at radius 1 is 1.45 bits per heavy atom. The molecule has 3 rings (SSSR count). The highest BCUT2D eigenvalue weighted by Gasteiger charge is 2.44. The van der Waals surface area contributed by atoms with E-state index in [0.29, 0.717) is 12.0 Å². The summed E-state index contributed by atoms with van der Waals surface area (Å²) in [5.41, 5.74) is 0.216. The molecule has 2 atom stereocenters. The number of carbonyl (C=O) groups is 1. The fourth-order valence-electron chi connectivity index (χ4n) is 2.10. The zero-order valence-electron chi connectivity index (χ0n) is 10.3. The Kier molecular flexibility index (Phi) is 3.21. The number of nitrogens with zero attached hydrogens (tertiary/aromatic N) is 2. The molecule has 1 fully saturated rings. The predicted molar refractivity (Wildman–Crippen MR) is 73.1 cm³/mol. The predicted octanol–water partition coefficient (Wildman–Crippen LogP) is 1.99. The average molecular weight is 339 g/mol. The van der Waals surface area contributed by atoms with Gasteiger partial charge in [-0.05, 0) is 36.6 Å². The molecule has 0 radical (unpaired) electrons. The summed E-state index contributed by atoms with van der Waals surface area (Å²) in [5, 5.41) is 8.84. The van der Waals surface area contributed by atoms with Crippen molar-refractivity contribution in [1.29, 1.82) is 0 Å². The number of rotatable bonds is 4. The summed E-state index contributed by atoms with van der Waals surface area (Å²) in [6, 6.07) is 7.24. The third-order valence-electron chi connectivity index (χ3n) is 3.34. The van der Waals surface area contributed by atoms with Crippen molar-refractivity contribution < 1.29 is 14.4 Å².